The third kappa shape index (κ3) is 3.50. The highest BCUT2D eigenvalue weighted by Gasteiger charge is 2.44. The molecule has 1 aliphatic heterocycles. The van der Waals surface area contributed by atoms with Gasteiger partial charge < -0.3 is 10.2 Å². The number of pyridine rings is 1. The lowest BCUT2D eigenvalue weighted by Gasteiger charge is -2.17. The number of carbonyl (C=O) groups is 2. The highest BCUT2D eigenvalue weighted by atomic mass is 35.5. The molecule has 0 radical (unpaired) electrons. The molecular formula is C17H13Cl2F2N3O2. The summed E-state index contributed by atoms with van der Waals surface area (Å²) in [6, 6.07) is 6.45. The van der Waals surface area contributed by atoms with Crippen molar-refractivity contribution in [3.05, 3.63) is 57.8 Å². The van der Waals surface area contributed by atoms with Gasteiger partial charge >= 0.3 is 0 Å². The molecule has 0 saturated carbocycles. The second-order valence-corrected chi connectivity index (χ2v) is 6.71. The maximum atomic E-state index is 13.8. The number of halogens is 4. The Balaban J connectivity index is 1.93. The van der Waals surface area contributed by atoms with Crippen molar-refractivity contribution in [3.63, 3.8) is 0 Å². The Hall–Kier alpha value is -2.25. The molecule has 0 aliphatic carbocycles. The first kappa shape index (κ1) is 18.5. The van der Waals surface area contributed by atoms with Crippen molar-refractivity contribution < 1.29 is 18.4 Å². The van der Waals surface area contributed by atoms with Gasteiger partial charge in [-0.2, -0.15) is 0 Å². The van der Waals surface area contributed by atoms with Crippen molar-refractivity contribution in [1.29, 1.82) is 0 Å². The summed E-state index contributed by atoms with van der Waals surface area (Å²) in [5.74, 6) is -5.14. The number of hydrogen-bond acceptors (Lipinski definition) is 3. The van der Waals surface area contributed by atoms with Crippen LogP contribution in [0.2, 0.25) is 10.3 Å². The van der Waals surface area contributed by atoms with Crippen LogP contribution in [0.15, 0.2) is 30.3 Å². The van der Waals surface area contributed by atoms with E-state index in [1.54, 1.807) is 7.05 Å². The normalized spacial score (nSPS) is 19.7. The zero-order valence-corrected chi connectivity index (χ0v) is 15.0. The Labute approximate surface area is 157 Å². The van der Waals surface area contributed by atoms with Crippen molar-refractivity contribution in [2.75, 3.05) is 18.9 Å². The van der Waals surface area contributed by atoms with Gasteiger partial charge in [-0.15, -0.1) is 0 Å². The Kier molecular flexibility index (Phi) is 5.11. The number of aromatic nitrogens is 1. The Morgan fingerprint density at radius 2 is 1.92 bits per heavy atom. The van der Waals surface area contributed by atoms with Crippen LogP contribution in [0.25, 0.3) is 0 Å². The maximum absolute atomic E-state index is 13.8. The third-order valence-corrected chi connectivity index (χ3v) is 4.61. The quantitative estimate of drug-likeness (QED) is 0.634. The van der Waals surface area contributed by atoms with E-state index in [2.05, 4.69) is 10.3 Å². The first-order valence-corrected chi connectivity index (χ1v) is 8.36. The fraction of sp³-hybridized carbons (Fsp3) is 0.235. The van der Waals surface area contributed by atoms with E-state index in [0.717, 1.165) is 6.07 Å². The minimum atomic E-state index is -1.19. The van der Waals surface area contributed by atoms with Gasteiger partial charge in [-0.1, -0.05) is 29.3 Å². The minimum absolute atomic E-state index is 0.129. The number of nitrogens with one attached hydrogen (secondary N) is 1. The summed E-state index contributed by atoms with van der Waals surface area (Å²) in [7, 11) is 1.55. The molecule has 1 aromatic carbocycles. The largest absolute Gasteiger partial charge is 0.344 e. The summed E-state index contributed by atoms with van der Waals surface area (Å²) in [4.78, 5) is 30.3. The van der Waals surface area contributed by atoms with Crippen molar-refractivity contribution in [2.45, 2.75) is 5.92 Å². The summed E-state index contributed by atoms with van der Waals surface area (Å²) in [5.41, 5.74) is 0.231. The molecule has 1 saturated heterocycles. The van der Waals surface area contributed by atoms with E-state index in [4.69, 9.17) is 23.2 Å². The van der Waals surface area contributed by atoms with Crippen LogP contribution in [0.4, 0.5) is 14.5 Å². The Morgan fingerprint density at radius 1 is 1.27 bits per heavy atom. The SMILES string of the molecule is CN1C[C@@H](c2cc(Cl)nc(Cl)c2)[C@H](C(=O)Nc2cccc(F)c2F)C1=O. The lowest BCUT2D eigenvalue weighted by Crippen LogP contribution is -2.33. The van der Waals surface area contributed by atoms with Crippen LogP contribution in [-0.4, -0.2) is 35.3 Å². The zero-order valence-electron chi connectivity index (χ0n) is 13.5. The number of nitrogens with zero attached hydrogens (tertiary/aromatic N) is 2. The van der Waals surface area contributed by atoms with Crippen molar-refractivity contribution in [2.24, 2.45) is 5.92 Å². The van der Waals surface area contributed by atoms with Crippen molar-refractivity contribution in [3.8, 4) is 0 Å². The molecule has 0 spiro atoms. The van der Waals surface area contributed by atoms with Crippen LogP contribution in [0, 0.1) is 17.6 Å². The highest BCUT2D eigenvalue weighted by Crippen LogP contribution is 2.35. The third-order valence-electron chi connectivity index (χ3n) is 4.22. The molecule has 5 nitrogen and oxygen atoms in total. The lowest BCUT2D eigenvalue weighted by molar-refractivity contribution is -0.135. The van der Waals surface area contributed by atoms with E-state index in [1.807, 2.05) is 0 Å². The van der Waals surface area contributed by atoms with E-state index in [0.29, 0.717) is 5.56 Å². The molecule has 2 atom stereocenters. The van der Waals surface area contributed by atoms with Crippen molar-refractivity contribution in [1.82, 2.24) is 9.88 Å². The summed E-state index contributed by atoms with van der Waals surface area (Å²) in [6.45, 7) is 0.249. The van der Waals surface area contributed by atoms with Gasteiger partial charge in [-0.25, -0.2) is 13.8 Å². The van der Waals surface area contributed by atoms with Gasteiger partial charge in [-0.05, 0) is 29.8 Å². The number of anilines is 1. The first-order chi connectivity index (χ1) is 12.3. The number of likely N-dealkylation sites (tertiary alicyclic amines) is 1. The molecule has 1 aliphatic rings. The predicted molar refractivity (Wildman–Crippen MR) is 93.1 cm³/mol. The average molecular weight is 400 g/mol. The molecule has 9 heteroatoms. The molecule has 0 bridgehead atoms. The Morgan fingerprint density at radius 3 is 2.58 bits per heavy atom. The zero-order chi connectivity index (χ0) is 19.0. The fourth-order valence-corrected chi connectivity index (χ4v) is 3.48. The number of benzene rings is 1. The molecule has 136 valence electrons. The molecule has 1 aromatic heterocycles. The van der Waals surface area contributed by atoms with Crippen LogP contribution < -0.4 is 5.32 Å². The van der Waals surface area contributed by atoms with Crippen LogP contribution in [0.5, 0.6) is 0 Å². The summed E-state index contributed by atoms with van der Waals surface area (Å²) >= 11 is 11.8. The van der Waals surface area contributed by atoms with Crippen LogP contribution >= 0.6 is 23.2 Å². The minimum Gasteiger partial charge on any atom is -0.344 e. The predicted octanol–water partition coefficient (Wildman–Crippen LogP) is 3.48. The van der Waals surface area contributed by atoms with E-state index in [9.17, 15) is 18.4 Å². The summed E-state index contributed by atoms with van der Waals surface area (Å²) in [5, 5.41) is 2.55. The molecule has 1 N–H and O–H groups in total. The standard InChI is InChI=1S/C17H13Cl2F2N3O2/c1-24-7-9(8-5-12(18)23-13(19)6-8)14(17(24)26)16(25)22-11-4-2-3-10(20)15(11)21/h2-6,9,14H,7H2,1H3,(H,22,25)/t9-,14+/m0/s1. The van der Waals surface area contributed by atoms with Gasteiger partial charge in [0.05, 0.1) is 5.69 Å². The number of hydrogen-bond donors (Lipinski definition) is 1. The Bertz CT molecular complexity index is 874. The van der Waals surface area contributed by atoms with Crippen LogP contribution in [0.1, 0.15) is 11.5 Å². The topological polar surface area (TPSA) is 62.3 Å². The van der Waals surface area contributed by atoms with Crippen molar-refractivity contribution >= 4 is 40.7 Å². The molecular weight excluding hydrogens is 387 g/mol. The molecule has 2 heterocycles. The number of amides is 2. The maximum Gasteiger partial charge on any atom is 0.237 e. The van der Waals surface area contributed by atoms with E-state index < -0.39 is 35.3 Å². The molecule has 2 amide bonds. The fourth-order valence-electron chi connectivity index (χ4n) is 3.00. The number of likely N-dealkylation sites (N-methyl/N-ethyl adjacent to an activating group) is 1. The summed E-state index contributed by atoms with van der Waals surface area (Å²) < 4.78 is 27.2. The first-order valence-electron chi connectivity index (χ1n) is 7.60. The summed E-state index contributed by atoms with van der Waals surface area (Å²) in [6.07, 6.45) is 0. The van der Waals surface area contributed by atoms with Gasteiger partial charge in [-0.3, -0.25) is 9.59 Å². The van der Waals surface area contributed by atoms with Gasteiger partial charge in [0.25, 0.3) is 0 Å². The van der Waals surface area contributed by atoms with Gasteiger partial charge in [0.15, 0.2) is 11.6 Å². The second kappa shape index (κ2) is 7.17. The average Bonchev–Trinajstić information content (AvgIpc) is 2.86. The second-order valence-electron chi connectivity index (χ2n) is 5.94. The smallest absolute Gasteiger partial charge is 0.237 e. The van der Waals surface area contributed by atoms with Gasteiger partial charge in [0, 0.05) is 19.5 Å². The number of carbonyl (C=O) groups excluding carboxylic acids is 2. The molecule has 3 rings (SSSR count). The van der Waals surface area contributed by atoms with E-state index in [-0.39, 0.29) is 22.5 Å². The van der Waals surface area contributed by atoms with E-state index >= 15 is 0 Å². The molecule has 1 fully saturated rings. The van der Waals surface area contributed by atoms with Gasteiger partial charge in [0.2, 0.25) is 11.8 Å². The molecule has 2 aromatic rings. The molecule has 0 unspecified atom stereocenters. The van der Waals surface area contributed by atoms with Crippen LogP contribution in [-0.2, 0) is 9.59 Å². The monoisotopic (exact) mass is 399 g/mol. The van der Waals surface area contributed by atoms with Crippen LogP contribution in [0.3, 0.4) is 0 Å². The van der Waals surface area contributed by atoms with E-state index in [1.165, 1.54) is 29.2 Å². The number of rotatable bonds is 3. The lowest BCUT2D eigenvalue weighted by atomic mass is 9.88. The molecule has 26 heavy (non-hydrogen) atoms. The van der Waals surface area contributed by atoms with Gasteiger partial charge in [0.1, 0.15) is 16.2 Å². The highest BCUT2D eigenvalue weighted by molar-refractivity contribution is 6.32.